The lowest BCUT2D eigenvalue weighted by Crippen LogP contribution is -2.03. The van der Waals surface area contributed by atoms with Gasteiger partial charge in [-0.05, 0) is 17.7 Å². The Balaban J connectivity index is 2.47. The van der Waals surface area contributed by atoms with Gasteiger partial charge in [-0.3, -0.25) is 0 Å². The summed E-state index contributed by atoms with van der Waals surface area (Å²) in [6.07, 6.45) is 0. The molecule has 20 heavy (non-hydrogen) atoms. The molecule has 0 aliphatic rings. The van der Waals surface area contributed by atoms with Crippen molar-refractivity contribution in [2.75, 3.05) is 7.11 Å². The molecule has 0 bridgehead atoms. The molecular formula is C14H9ClF4O. The molecule has 0 amide bonds. The molecular weight excluding hydrogens is 296 g/mol. The van der Waals surface area contributed by atoms with Gasteiger partial charge in [-0.2, -0.15) is 0 Å². The van der Waals surface area contributed by atoms with Crippen molar-refractivity contribution in [2.45, 2.75) is 5.38 Å². The third-order valence-corrected chi connectivity index (χ3v) is 3.25. The Morgan fingerprint density at radius 2 is 1.50 bits per heavy atom. The topological polar surface area (TPSA) is 9.23 Å². The Bertz CT molecular complexity index is 622. The maximum absolute atomic E-state index is 13.8. The van der Waals surface area contributed by atoms with Crippen LogP contribution in [-0.2, 0) is 0 Å². The van der Waals surface area contributed by atoms with Crippen LogP contribution in [0, 0.1) is 23.3 Å². The maximum Gasteiger partial charge on any atom is 0.159 e. The number of alkyl halides is 1. The molecule has 0 heterocycles. The fraction of sp³-hybridized carbons (Fsp3) is 0.143. The van der Waals surface area contributed by atoms with Gasteiger partial charge in [-0.25, -0.2) is 17.6 Å². The van der Waals surface area contributed by atoms with Crippen LogP contribution in [0.25, 0.3) is 0 Å². The van der Waals surface area contributed by atoms with Gasteiger partial charge in [0.05, 0.1) is 12.5 Å². The molecule has 0 aliphatic carbocycles. The molecule has 1 atom stereocenters. The van der Waals surface area contributed by atoms with E-state index in [1.165, 1.54) is 13.2 Å². The third kappa shape index (κ3) is 2.72. The number of methoxy groups -OCH3 is 1. The zero-order valence-corrected chi connectivity index (χ0v) is 11.0. The van der Waals surface area contributed by atoms with E-state index in [4.69, 9.17) is 16.3 Å². The molecule has 1 nitrogen and oxygen atoms in total. The zero-order chi connectivity index (χ0) is 14.9. The predicted octanol–water partition coefficient (Wildman–Crippen LogP) is 4.58. The van der Waals surface area contributed by atoms with Crippen molar-refractivity contribution >= 4 is 11.6 Å². The van der Waals surface area contributed by atoms with E-state index >= 15 is 0 Å². The van der Waals surface area contributed by atoms with Gasteiger partial charge in [0.25, 0.3) is 0 Å². The third-order valence-electron chi connectivity index (χ3n) is 2.78. The van der Waals surface area contributed by atoms with Gasteiger partial charge in [0, 0.05) is 17.7 Å². The zero-order valence-electron chi connectivity index (χ0n) is 10.3. The van der Waals surface area contributed by atoms with Crippen LogP contribution in [0.2, 0.25) is 0 Å². The quantitative estimate of drug-likeness (QED) is 0.596. The van der Waals surface area contributed by atoms with Gasteiger partial charge in [0.1, 0.15) is 17.4 Å². The van der Waals surface area contributed by atoms with Gasteiger partial charge >= 0.3 is 0 Å². The summed E-state index contributed by atoms with van der Waals surface area (Å²) >= 11 is 5.95. The summed E-state index contributed by atoms with van der Waals surface area (Å²) in [5.74, 6) is -4.05. The van der Waals surface area contributed by atoms with Crippen LogP contribution in [0.1, 0.15) is 16.5 Å². The Kier molecular flexibility index (Phi) is 4.18. The summed E-state index contributed by atoms with van der Waals surface area (Å²) in [5, 5.41) is -1.28. The molecule has 6 heteroatoms. The minimum atomic E-state index is -1.28. The van der Waals surface area contributed by atoms with Crippen molar-refractivity contribution in [1.82, 2.24) is 0 Å². The first-order chi connectivity index (χ1) is 9.43. The van der Waals surface area contributed by atoms with E-state index < -0.39 is 34.2 Å². The van der Waals surface area contributed by atoms with E-state index in [2.05, 4.69) is 0 Å². The molecule has 0 saturated carbocycles. The summed E-state index contributed by atoms with van der Waals surface area (Å²) in [6, 6.07) is 4.75. The van der Waals surface area contributed by atoms with Gasteiger partial charge < -0.3 is 4.74 Å². The summed E-state index contributed by atoms with van der Waals surface area (Å²) in [4.78, 5) is 0. The van der Waals surface area contributed by atoms with Crippen LogP contribution in [0.5, 0.6) is 5.75 Å². The minimum absolute atomic E-state index is 0.00194. The molecule has 2 aromatic rings. The second kappa shape index (κ2) is 5.71. The number of ether oxygens (including phenoxy) is 1. The molecule has 0 aliphatic heterocycles. The van der Waals surface area contributed by atoms with E-state index in [9.17, 15) is 17.6 Å². The molecule has 2 aromatic carbocycles. The van der Waals surface area contributed by atoms with Crippen molar-refractivity contribution in [2.24, 2.45) is 0 Å². The van der Waals surface area contributed by atoms with Crippen molar-refractivity contribution < 1.29 is 22.3 Å². The van der Waals surface area contributed by atoms with Crippen LogP contribution >= 0.6 is 11.6 Å². The first kappa shape index (κ1) is 14.7. The second-order valence-electron chi connectivity index (χ2n) is 4.04. The summed E-state index contributed by atoms with van der Waals surface area (Å²) in [5.41, 5.74) is -0.396. The van der Waals surface area contributed by atoms with Crippen LogP contribution in [0.4, 0.5) is 17.6 Å². The number of hydrogen-bond donors (Lipinski definition) is 0. The Hall–Kier alpha value is -1.75. The molecule has 2 rings (SSSR count). The van der Waals surface area contributed by atoms with E-state index in [1.807, 2.05) is 0 Å². The minimum Gasteiger partial charge on any atom is -0.497 e. The van der Waals surface area contributed by atoms with Crippen molar-refractivity contribution in [3.8, 4) is 5.75 Å². The van der Waals surface area contributed by atoms with Crippen LogP contribution in [-0.4, -0.2) is 7.11 Å². The second-order valence-corrected chi connectivity index (χ2v) is 4.48. The molecule has 0 saturated heterocycles. The normalized spacial score (nSPS) is 12.3. The van der Waals surface area contributed by atoms with E-state index in [-0.39, 0.29) is 11.3 Å². The summed E-state index contributed by atoms with van der Waals surface area (Å²) in [7, 11) is 1.27. The average molecular weight is 305 g/mol. The highest BCUT2D eigenvalue weighted by Crippen LogP contribution is 2.34. The number of benzene rings is 2. The highest BCUT2D eigenvalue weighted by atomic mass is 35.5. The number of rotatable bonds is 3. The maximum atomic E-state index is 13.8. The standard InChI is InChI=1S/C14H9ClF4O/c1-20-8-5-11(18)13(12(19)6-8)14(15)7-2-3-9(16)10(17)4-7/h2-6,14H,1H3. The SMILES string of the molecule is COc1cc(F)c(C(Cl)c2ccc(F)c(F)c2)c(F)c1. The fourth-order valence-corrected chi connectivity index (χ4v) is 2.10. The van der Waals surface area contributed by atoms with Gasteiger partial charge in [-0.15, -0.1) is 11.6 Å². The lowest BCUT2D eigenvalue weighted by Gasteiger charge is -2.14. The van der Waals surface area contributed by atoms with Crippen LogP contribution in [0.3, 0.4) is 0 Å². The summed E-state index contributed by atoms with van der Waals surface area (Å²) < 4.78 is 58.4. The highest BCUT2D eigenvalue weighted by Gasteiger charge is 2.22. The number of halogens is 5. The van der Waals surface area contributed by atoms with Gasteiger partial charge in [0.2, 0.25) is 0 Å². The molecule has 0 radical (unpaired) electrons. The lowest BCUT2D eigenvalue weighted by atomic mass is 10.0. The van der Waals surface area contributed by atoms with E-state index in [0.717, 1.165) is 24.3 Å². The average Bonchev–Trinajstić information content (AvgIpc) is 2.40. The van der Waals surface area contributed by atoms with E-state index in [0.29, 0.717) is 0 Å². The molecule has 0 N–H and O–H groups in total. The first-order valence-corrected chi connectivity index (χ1v) is 5.99. The van der Waals surface area contributed by atoms with E-state index in [1.54, 1.807) is 0 Å². The molecule has 1 unspecified atom stereocenters. The molecule has 0 spiro atoms. The van der Waals surface area contributed by atoms with Crippen LogP contribution in [0.15, 0.2) is 30.3 Å². The molecule has 0 aromatic heterocycles. The molecule has 106 valence electrons. The Morgan fingerprint density at radius 1 is 0.900 bits per heavy atom. The highest BCUT2D eigenvalue weighted by molar-refractivity contribution is 6.22. The Morgan fingerprint density at radius 3 is 2.00 bits per heavy atom. The van der Waals surface area contributed by atoms with Crippen molar-refractivity contribution in [3.63, 3.8) is 0 Å². The molecule has 0 fully saturated rings. The van der Waals surface area contributed by atoms with Gasteiger partial charge in [-0.1, -0.05) is 6.07 Å². The lowest BCUT2D eigenvalue weighted by molar-refractivity contribution is 0.405. The predicted molar refractivity (Wildman–Crippen MR) is 67.0 cm³/mol. The first-order valence-electron chi connectivity index (χ1n) is 5.56. The van der Waals surface area contributed by atoms with Gasteiger partial charge in [0.15, 0.2) is 11.6 Å². The fourth-order valence-electron chi connectivity index (χ4n) is 1.76. The summed E-state index contributed by atoms with van der Waals surface area (Å²) in [6.45, 7) is 0. The number of hydrogen-bond acceptors (Lipinski definition) is 1. The van der Waals surface area contributed by atoms with Crippen molar-refractivity contribution in [3.05, 3.63) is 64.7 Å². The largest absolute Gasteiger partial charge is 0.497 e. The Labute approximate surface area is 117 Å². The monoisotopic (exact) mass is 304 g/mol. The van der Waals surface area contributed by atoms with Crippen LogP contribution < -0.4 is 4.74 Å². The smallest absolute Gasteiger partial charge is 0.159 e. The van der Waals surface area contributed by atoms with Crippen molar-refractivity contribution in [1.29, 1.82) is 0 Å².